The number of hydrogen-bond acceptors (Lipinski definition) is 6. The number of hydrogen-bond donors (Lipinski definition) is 4. The number of carboxylic acids is 1. The molecule has 0 spiro atoms. The van der Waals surface area contributed by atoms with Crippen molar-refractivity contribution in [1.82, 2.24) is 10.6 Å². The molecule has 1 aromatic carbocycles. The lowest BCUT2D eigenvalue weighted by molar-refractivity contribution is -0.137. The fraction of sp³-hybridized carbons (Fsp3) is 0.421. The topological polar surface area (TPSA) is 142 Å². The Balaban J connectivity index is 1.94. The lowest BCUT2D eigenvalue weighted by Crippen LogP contribution is -2.52. The Labute approximate surface area is 161 Å². The normalized spacial score (nSPS) is 16.2. The molecule has 0 saturated carbocycles. The van der Waals surface area contributed by atoms with E-state index in [-0.39, 0.29) is 36.3 Å². The molecule has 0 radical (unpaired) electrons. The van der Waals surface area contributed by atoms with Gasteiger partial charge in [-0.25, -0.2) is 0 Å². The second-order valence-electron chi connectivity index (χ2n) is 6.53. The van der Waals surface area contributed by atoms with Gasteiger partial charge in [0.15, 0.2) is 6.29 Å². The molecule has 28 heavy (non-hydrogen) atoms. The fourth-order valence-electron chi connectivity index (χ4n) is 2.84. The van der Waals surface area contributed by atoms with E-state index < -0.39 is 23.8 Å². The minimum absolute atomic E-state index is 0.135. The van der Waals surface area contributed by atoms with Crippen LogP contribution in [-0.4, -0.2) is 47.7 Å². The van der Waals surface area contributed by atoms with Gasteiger partial charge in [-0.3, -0.25) is 29.3 Å². The van der Waals surface area contributed by atoms with Crippen LogP contribution in [0.4, 0.5) is 5.69 Å². The van der Waals surface area contributed by atoms with E-state index in [1.807, 2.05) is 0 Å². The molecule has 1 aliphatic rings. The number of piperidine rings is 1. The van der Waals surface area contributed by atoms with Crippen molar-refractivity contribution in [2.24, 2.45) is 0 Å². The molecule has 9 nitrogen and oxygen atoms in total. The number of carbonyl (C=O) groups excluding carboxylic acids is 4. The molecular formula is C19H23N3O6. The van der Waals surface area contributed by atoms with Gasteiger partial charge in [-0.15, -0.1) is 0 Å². The number of unbranched alkanes of at least 4 members (excludes halogenated alkanes) is 2. The molecule has 1 fully saturated rings. The molecule has 2 rings (SSSR count). The monoisotopic (exact) mass is 389 g/mol. The highest BCUT2D eigenvalue weighted by atomic mass is 16.4. The van der Waals surface area contributed by atoms with E-state index in [4.69, 9.17) is 5.11 Å². The average molecular weight is 389 g/mol. The van der Waals surface area contributed by atoms with Crippen LogP contribution in [0.5, 0.6) is 0 Å². The van der Waals surface area contributed by atoms with Gasteiger partial charge < -0.3 is 15.7 Å². The van der Waals surface area contributed by atoms with Gasteiger partial charge in [0.25, 0.3) is 5.91 Å². The van der Waals surface area contributed by atoms with Crippen LogP contribution in [0.15, 0.2) is 18.2 Å². The number of nitrogens with one attached hydrogen (secondary N) is 3. The van der Waals surface area contributed by atoms with E-state index in [9.17, 15) is 24.0 Å². The van der Waals surface area contributed by atoms with E-state index in [0.717, 1.165) is 12.8 Å². The molecule has 1 saturated heterocycles. The highest BCUT2D eigenvalue weighted by Crippen LogP contribution is 2.16. The van der Waals surface area contributed by atoms with Gasteiger partial charge in [-0.05, 0) is 37.5 Å². The first kappa shape index (κ1) is 21.1. The number of rotatable bonds is 10. The number of aldehydes is 1. The largest absolute Gasteiger partial charge is 0.481 e. The van der Waals surface area contributed by atoms with E-state index in [1.165, 1.54) is 12.1 Å². The van der Waals surface area contributed by atoms with Crippen LogP contribution in [0, 0.1) is 0 Å². The van der Waals surface area contributed by atoms with Crippen molar-refractivity contribution in [2.45, 2.75) is 44.6 Å². The van der Waals surface area contributed by atoms with Crippen molar-refractivity contribution in [1.29, 1.82) is 0 Å². The van der Waals surface area contributed by atoms with Crippen LogP contribution in [0.3, 0.4) is 0 Å². The zero-order chi connectivity index (χ0) is 20.5. The predicted octanol–water partition coefficient (Wildman–Crippen LogP) is 1.09. The molecule has 1 atom stereocenters. The van der Waals surface area contributed by atoms with Gasteiger partial charge >= 0.3 is 5.97 Å². The summed E-state index contributed by atoms with van der Waals surface area (Å²) in [5, 5.41) is 16.5. The summed E-state index contributed by atoms with van der Waals surface area (Å²) >= 11 is 0. The highest BCUT2D eigenvalue weighted by molar-refractivity contribution is 6.06. The number of aliphatic carboxylic acids is 1. The number of benzene rings is 1. The highest BCUT2D eigenvalue weighted by Gasteiger charge is 2.28. The molecule has 4 N–H and O–H groups in total. The molecule has 9 heteroatoms. The third-order valence-electron chi connectivity index (χ3n) is 4.37. The minimum atomic E-state index is -0.824. The van der Waals surface area contributed by atoms with Gasteiger partial charge in [-0.2, -0.15) is 0 Å². The Kier molecular flexibility index (Phi) is 7.67. The Morgan fingerprint density at radius 1 is 1.21 bits per heavy atom. The van der Waals surface area contributed by atoms with Crippen molar-refractivity contribution in [3.63, 3.8) is 0 Å². The Bertz CT molecular complexity index is 777. The molecule has 0 aromatic heterocycles. The number of anilines is 1. The summed E-state index contributed by atoms with van der Waals surface area (Å²) in [7, 11) is 0. The Morgan fingerprint density at radius 2 is 2.00 bits per heavy atom. The van der Waals surface area contributed by atoms with Crippen molar-refractivity contribution in [3.8, 4) is 0 Å². The third-order valence-corrected chi connectivity index (χ3v) is 4.37. The summed E-state index contributed by atoms with van der Waals surface area (Å²) in [5.74, 6) is -2.32. The summed E-state index contributed by atoms with van der Waals surface area (Å²) in [6.07, 6.45) is 3.17. The first-order valence-corrected chi connectivity index (χ1v) is 9.10. The Hall–Kier alpha value is -3.23. The molecule has 1 unspecified atom stereocenters. The van der Waals surface area contributed by atoms with Crippen LogP contribution in [0.25, 0.3) is 0 Å². The molecule has 3 amide bonds. The van der Waals surface area contributed by atoms with Gasteiger partial charge in [0.2, 0.25) is 11.8 Å². The van der Waals surface area contributed by atoms with Gasteiger partial charge in [0, 0.05) is 30.6 Å². The second kappa shape index (κ2) is 10.2. The van der Waals surface area contributed by atoms with E-state index in [0.29, 0.717) is 24.9 Å². The van der Waals surface area contributed by atoms with Crippen LogP contribution in [0.1, 0.15) is 59.2 Å². The average Bonchev–Trinajstić information content (AvgIpc) is 2.66. The summed E-state index contributed by atoms with van der Waals surface area (Å²) < 4.78 is 0. The molecule has 1 aromatic rings. The SMILES string of the molecule is O=Cc1ccc(NCCCCCC(=O)O)cc1C(=O)NC1CCC(=O)NC1=O. The predicted molar refractivity (Wildman–Crippen MR) is 100 cm³/mol. The number of carboxylic acid groups (broad SMARTS) is 1. The first-order valence-electron chi connectivity index (χ1n) is 9.10. The van der Waals surface area contributed by atoms with E-state index in [2.05, 4.69) is 16.0 Å². The smallest absolute Gasteiger partial charge is 0.303 e. The lowest BCUT2D eigenvalue weighted by atomic mass is 10.0. The van der Waals surface area contributed by atoms with E-state index in [1.54, 1.807) is 6.07 Å². The Morgan fingerprint density at radius 3 is 2.68 bits per heavy atom. The number of imide groups is 1. The number of carbonyl (C=O) groups is 5. The van der Waals surface area contributed by atoms with Gasteiger partial charge in [0.1, 0.15) is 6.04 Å². The zero-order valence-corrected chi connectivity index (χ0v) is 15.3. The quantitative estimate of drug-likeness (QED) is 0.267. The minimum Gasteiger partial charge on any atom is -0.481 e. The van der Waals surface area contributed by atoms with E-state index >= 15 is 0 Å². The van der Waals surface area contributed by atoms with Crippen LogP contribution < -0.4 is 16.0 Å². The van der Waals surface area contributed by atoms with Gasteiger partial charge in [-0.1, -0.05) is 6.42 Å². The van der Waals surface area contributed by atoms with Crippen LogP contribution in [0.2, 0.25) is 0 Å². The molecule has 1 aliphatic heterocycles. The van der Waals surface area contributed by atoms with Crippen molar-refractivity contribution in [2.75, 3.05) is 11.9 Å². The van der Waals surface area contributed by atoms with Crippen molar-refractivity contribution >= 4 is 35.7 Å². The molecular weight excluding hydrogens is 366 g/mol. The third kappa shape index (κ3) is 6.19. The fourth-order valence-corrected chi connectivity index (χ4v) is 2.84. The summed E-state index contributed by atoms with van der Waals surface area (Å²) in [4.78, 5) is 57.2. The van der Waals surface area contributed by atoms with Crippen LogP contribution >= 0.6 is 0 Å². The molecule has 0 aliphatic carbocycles. The van der Waals surface area contributed by atoms with Crippen LogP contribution in [-0.2, 0) is 14.4 Å². The summed E-state index contributed by atoms with van der Waals surface area (Å²) in [6.45, 7) is 0.592. The number of amides is 3. The zero-order valence-electron chi connectivity index (χ0n) is 15.3. The summed E-state index contributed by atoms with van der Waals surface area (Å²) in [6, 6.07) is 3.89. The molecule has 0 bridgehead atoms. The molecule has 150 valence electrons. The van der Waals surface area contributed by atoms with Crippen molar-refractivity contribution < 1.29 is 29.1 Å². The maximum atomic E-state index is 12.5. The standard InChI is InChI=1S/C19H23N3O6/c23-11-12-5-6-13(20-9-3-1-2-4-17(25)26)10-14(12)18(27)21-15-7-8-16(24)22-19(15)28/h5-6,10-11,15,20H,1-4,7-9H2,(H,21,27)(H,25,26)(H,22,24,28). The molecule has 1 heterocycles. The maximum Gasteiger partial charge on any atom is 0.303 e. The van der Waals surface area contributed by atoms with Gasteiger partial charge in [0.05, 0.1) is 5.56 Å². The lowest BCUT2D eigenvalue weighted by Gasteiger charge is -2.22. The summed E-state index contributed by atoms with van der Waals surface area (Å²) in [5.41, 5.74) is 0.963. The van der Waals surface area contributed by atoms with Crippen molar-refractivity contribution in [3.05, 3.63) is 29.3 Å². The second-order valence-corrected chi connectivity index (χ2v) is 6.53. The maximum absolute atomic E-state index is 12.5. The first-order chi connectivity index (χ1) is 13.4.